The summed E-state index contributed by atoms with van der Waals surface area (Å²) >= 11 is 0. The molecule has 1 atom stereocenters. The highest BCUT2D eigenvalue weighted by molar-refractivity contribution is 6.23. The lowest BCUT2D eigenvalue weighted by atomic mass is 9.57. The summed E-state index contributed by atoms with van der Waals surface area (Å²) in [6, 6.07) is 0. The zero-order valence-corrected chi connectivity index (χ0v) is 15.7. The highest BCUT2D eigenvalue weighted by Crippen LogP contribution is 2.51. The molecule has 0 aromatic heterocycles. The van der Waals surface area contributed by atoms with E-state index in [9.17, 15) is 4.79 Å². The lowest BCUT2D eigenvalue weighted by Crippen LogP contribution is -2.68. The van der Waals surface area contributed by atoms with Crippen LogP contribution in [0.15, 0.2) is 33.9 Å². The van der Waals surface area contributed by atoms with Crippen LogP contribution in [0.4, 0.5) is 0 Å². The van der Waals surface area contributed by atoms with Gasteiger partial charge in [0.2, 0.25) is 5.91 Å². The number of amides is 1. The molecule has 2 heterocycles. The van der Waals surface area contributed by atoms with Crippen molar-refractivity contribution in [2.75, 3.05) is 33.2 Å². The smallest absolute Gasteiger partial charge is 0.235 e. The molecule has 26 heavy (non-hydrogen) atoms. The first kappa shape index (κ1) is 17.6. The van der Waals surface area contributed by atoms with E-state index in [0.717, 1.165) is 69.7 Å². The Bertz CT molecular complexity index is 701. The van der Waals surface area contributed by atoms with E-state index in [1.165, 1.54) is 6.42 Å². The molecule has 2 aliphatic carbocycles. The van der Waals surface area contributed by atoms with E-state index in [1.807, 2.05) is 18.2 Å². The fourth-order valence-electron chi connectivity index (χ4n) is 5.44. The average molecular weight is 355 g/mol. The maximum Gasteiger partial charge on any atom is 0.235 e. The maximum atomic E-state index is 13.1. The quantitative estimate of drug-likeness (QED) is 0.838. The Kier molecular flexibility index (Phi) is 4.57. The van der Waals surface area contributed by atoms with Gasteiger partial charge in [0.15, 0.2) is 0 Å². The van der Waals surface area contributed by atoms with Crippen LogP contribution in [0.25, 0.3) is 0 Å². The predicted octanol–water partition coefficient (Wildman–Crippen LogP) is 1.74. The molecule has 2 aliphatic heterocycles. The molecule has 0 aromatic carbocycles. The van der Waals surface area contributed by atoms with Crippen molar-refractivity contribution in [1.82, 2.24) is 9.80 Å². The molecule has 6 nitrogen and oxygen atoms in total. The van der Waals surface area contributed by atoms with Crippen molar-refractivity contribution in [3.8, 4) is 0 Å². The van der Waals surface area contributed by atoms with Gasteiger partial charge in [0.25, 0.3) is 0 Å². The van der Waals surface area contributed by atoms with E-state index in [2.05, 4.69) is 26.8 Å². The molecular formula is C20H29N5O. The van der Waals surface area contributed by atoms with Crippen LogP contribution in [0.5, 0.6) is 0 Å². The van der Waals surface area contributed by atoms with Gasteiger partial charge in [-0.2, -0.15) is 0 Å². The van der Waals surface area contributed by atoms with E-state index in [4.69, 9.17) is 5.73 Å². The van der Waals surface area contributed by atoms with Gasteiger partial charge in [-0.25, -0.2) is 9.98 Å². The van der Waals surface area contributed by atoms with Crippen LogP contribution >= 0.6 is 0 Å². The molecular weight excluding hydrogens is 326 g/mol. The average Bonchev–Trinajstić information content (AvgIpc) is 3.03. The monoisotopic (exact) mass is 355 g/mol. The first-order valence-corrected chi connectivity index (χ1v) is 9.84. The van der Waals surface area contributed by atoms with Gasteiger partial charge >= 0.3 is 0 Å². The van der Waals surface area contributed by atoms with Gasteiger partial charge in [-0.15, -0.1) is 0 Å². The van der Waals surface area contributed by atoms with Crippen LogP contribution in [-0.4, -0.2) is 66.5 Å². The Hall–Kier alpha value is -1.79. The molecule has 0 aromatic rings. The van der Waals surface area contributed by atoms with Crippen LogP contribution in [-0.2, 0) is 4.79 Å². The molecule has 1 amide bonds. The van der Waals surface area contributed by atoms with E-state index in [-0.39, 0.29) is 11.4 Å². The lowest BCUT2D eigenvalue weighted by Gasteiger charge is -2.56. The minimum Gasteiger partial charge on any atom is -0.369 e. The van der Waals surface area contributed by atoms with Crippen LogP contribution in [0, 0.1) is 5.41 Å². The van der Waals surface area contributed by atoms with Crippen molar-refractivity contribution < 1.29 is 4.79 Å². The number of carbonyl (C=O) groups excluding carboxylic acids is 1. The van der Waals surface area contributed by atoms with Crippen molar-refractivity contribution in [1.29, 1.82) is 0 Å². The minimum atomic E-state index is -0.892. The molecule has 0 radical (unpaired) electrons. The van der Waals surface area contributed by atoms with Crippen molar-refractivity contribution in [2.24, 2.45) is 21.1 Å². The number of nitrogens with zero attached hydrogens (tertiary/aromatic N) is 4. The van der Waals surface area contributed by atoms with Crippen LogP contribution < -0.4 is 5.73 Å². The largest absolute Gasteiger partial charge is 0.369 e. The summed E-state index contributed by atoms with van der Waals surface area (Å²) in [5, 5.41) is 0. The van der Waals surface area contributed by atoms with E-state index in [1.54, 1.807) is 6.34 Å². The zero-order chi connectivity index (χ0) is 18.2. The Morgan fingerprint density at radius 1 is 1.12 bits per heavy atom. The maximum absolute atomic E-state index is 13.1. The molecule has 4 rings (SSSR count). The highest BCUT2D eigenvalue weighted by Gasteiger charge is 2.61. The molecule has 1 saturated heterocycles. The SMILES string of the molecule is CN1CCCN(C2(C3(C(N)=O)C=CC=C4N=CN=C43)CCCCC2)CC1. The van der Waals surface area contributed by atoms with Gasteiger partial charge in [-0.05, 0) is 38.9 Å². The second-order valence-corrected chi connectivity index (χ2v) is 8.04. The molecule has 4 aliphatic rings. The first-order chi connectivity index (χ1) is 12.6. The predicted molar refractivity (Wildman–Crippen MR) is 104 cm³/mol. The summed E-state index contributed by atoms with van der Waals surface area (Å²) < 4.78 is 0. The summed E-state index contributed by atoms with van der Waals surface area (Å²) in [5.41, 5.74) is 6.51. The van der Waals surface area contributed by atoms with E-state index >= 15 is 0 Å². The fraction of sp³-hybridized carbons (Fsp3) is 0.650. The third-order valence-corrected chi connectivity index (χ3v) is 6.73. The fourth-order valence-corrected chi connectivity index (χ4v) is 5.44. The Balaban J connectivity index is 1.83. The van der Waals surface area contributed by atoms with Crippen molar-refractivity contribution in [3.63, 3.8) is 0 Å². The number of nitrogens with two attached hydrogens (primary N) is 1. The number of hydrogen-bond donors (Lipinski definition) is 1. The normalized spacial score (nSPS) is 31.9. The van der Waals surface area contributed by atoms with Crippen LogP contribution in [0.3, 0.4) is 0 Å². The second-order valence-electron chi connectivity index (χ2n) is 8.04. The van der Waals surface area contributed by atoms with Gasteiger partial charge in [0, 0.05) is 25.2 Å². The second kappa shape index (κ2) is 6.74. The van der Waals surface area contributed by atoms with Gasteiger partial charge in [0.1, 0.15) is 11.8 Å². The molecule has 1 saturated carbocycles. The molecule has 2 fully saturated rings. The van der Waals surface area contributed by atoms with Crippen LogP contribution in [0.1, 0.15) is 38.5 Å². The number of aliphatic imine (C=N–C) groups is 2. The number of rotatable bonds is 3. The van der Waals surface area contributed by atoms with Crippen molar-refractivity contribution >= 4 is 18.0 Å². The number of likely N-dealkylation sites (N-methyl/N-ethyl adjacent to an activating group) is 1. The summed E-state index contributed by atoms with van der Waals surface area (Å²) in [7, 11) is 2.18. The standard InChI is InChI=1S/C20H29N5O/c1-24-11-6-12-25(14-13-24)19(8-3-2-4-9-19)20(18(21)26)10-5-7-16-17(20)23-15-22-16/h5,7,10,15H,2-4,6,8-9,11-14H2,1H3,(H2,21,26). The Morgan fingerprint density at radius 2 is 1.92 bits per heavy atom. The molecule has 1 unspecified atom stereocenters. The summed E-state index contributed by atoms with van der Waals surface area (Å²) in [4.78, 5) is 27.0. The number of fused-ring (bicyclic) bond motifs is 1. The zero-order valence-electron chi connectivity index (χ0n) is 15.7. The van der Waals surface area contributed by atoms with Crippen molar-refractivity contribution in [3.05, 3.63) is 23.9 Å². The number of carbonyl (C=O) groups is 1. The third kappa shape index (κ3) is 2.50. The number of hydrogen-bond acceptors (Lipinski definition) is 5. The number of allylic oxidation sites excluding steroid dienone is 3. The van der Waals surface area contributed by atoms with Crippen LogP contribution in [0.2, 0.25) is 0 Å². The van der Waals surface area contributed by atoms with Gasteiger partial charge in [0.05, 0.1) is 11.4 Å². The first-order valence-electron chi connectivity index (χ1n) is 9.84. The molecule has 0 bridgehead atoms. The summed E-state index contributed by atoms with van der Waals surface area (Å²) in [6.07, 6.45) is 14.0. The molecule has 140 valence electrons. The minimum absolute atomic E-state index is 0.289. The molecule has 6 heteroatoms. The highest BCUT2D eigenvalue weighted by atomic mass is 16.1. The van der Waals surface area contributed by atoms with E-state index in [0.29, 0.717) is 0 Å². The van der Waals surface area contributed by atoms with Gasteiger partial charge < -0.3 is 10.6 Å². The molecule has 2 N–H and O–H groups in total. The lowest BCUT2D eigenvalue weighted by molar-refractivity contribution is -0.131. The third-order valence-electron chi connectivity index (χ3n) is 6.73. The Morgan fingerprint density at radius 3 is 2.69 bits per heavy atom. The van der Waals surface area contributed by atoms with Gasteiger partial charge in [-0.1, -0.05) is 31.4 Å². The van der Waals surface area contributed by atoms with E-state index < -0.39 is 5.41 Å². The van der Waals surface area contributed by atoms with Crippen molar-refractivity contribution in [2.45, 2.75) is 44.1 Å². The number of primary amides is 1. The summed E-state index contributed by atoms with van der Waals surface area (Å²) in [5.74, 6) is -0.289. The van der Waals surface area contributed by atoms with Gasteiger partial charge in [-0.3, -0.25) is 9.69 Å². The molecule has 0 spiro atoms. The topological polar surface area (TPSA) is 74.3 Å². The Labute approximate surface area is 155 Å². The summed E-state index contributed by atoms with van der Waals surface area (Å²) in [6.45, 7) is 4.08.